The third kappa shape index (κ3) is 3.35. The van der Waals surface area contributed by atoms with E-state index in [0.717, 1.165) is 25.9 Å². The van der Waals surface area contributed by atoms with Crippen molar-refractivity contribution in [3.8, 4) is 0 Å². The molecule has 0 bridgehead atoms. The van der Waals surface area contributed by atoms with E-state index in [1.54, 1.807) is 0 Å². The molecule has 1 aliphatic carbocycles. The average Bonchev–Trinajstić information content (AvgIpc) is 2.96. The van der Waals surface area contributed by atoms with Crippen LogP contribution in [0.3, 0.4) is 0 Å². The molecule has 6 nitrogen and oxygen atoms in total. The van der Waals surface area contributed by atoms with Crippen molar-refractivity contribution in [1.29, 1.82) is 0 Å². The Kier molecular flexibility index (Phi) is 4.41. The van der Waals surface area contributed by atoms with Gasteiger partial charge in [-0.3, -0.25) is 4.79 Å². The van der Waals surface area contributed by atoms with E-state index in [9.17, 15) is 9.59 Å². The second kappa shape index (κ2) is 6.04. The fraction of sp³-hybridized carbons (Fsp3) is 0.833. The molecular weight excluding hydrogens is 236 g/mol. The molecular formula is C12H20N2O4. The van der Waals surface area contributed by atoms with Crippen LogP contribution in [0.2, 0.25) is 0 Å². The van der Waals surface area contributed by atoms with Gasteiger partial charge in [-0.15, -0.1) is 0 Å². The van der Waals surface area contributed by atoms with E-state index < -0.39 is 11.9 Å². The summed E-state index contributed by atoms with van der Waals surface area (Å²) >= 11 is 0. The lowest BCUT2D eigenvalue weighted by molar-refractivity contribution is -0.142. The summed E-state index contributed by atoms with van der Waals surface area (Å²) in [6.07, 6.45) is 3.23. The Morgan fingerprint density at radius 1 is 1.28 bits per heavy atom. The summed E-state index contributed by atoms with van der Waals surface area (Å²) in [6, 6.07) is -0.498. The molecule has 1 saturated carbocycles. The number of nitrogens with one attached hydrogen (secondary N) is 2. The van der Waals surface area contributed by atoms with Gasteiger partial charge >= 0.3 is 12.0 Å². The fourth-order valence-corrected chi connectivity index (χ4v) is 2.63. The number of ether oxygens (including phenoxy) is 1. The number of hydrogen-bond donors (Lipinski definition) is 3. The maximum absolute atomic E-state index is 11.7. The quantitative estimate of drug-likeness (QED) is 0.686. The zero-order valence-corrected chi connectivity index (χ0v) is 10.4. The van der Waals surface area contributed by atoms with E-state index in [-0.39, 0.29) is 12.1 Å². The van der Waals surface area contributed by atoms with Crippen LogP contribution in [0.5, 0.6) is 0 Å². The smallest absolute Gasteiger partial charge is 0.315 e. The van der Waals surface area contributed by atoms with Crippen LogP contribution in [-0.4, -0.2) is 42.9 Å². The van der Waals surface area contributed by atoms with Crippen molar-refractivity contribution in [2.24, 2.45) is 11.8 Å². The minimum Gasteiger partial charge on any atom is -0.481 e. The first-order chi connectivity index (χ1) is 8.66. The number of urea groups is 1. The molecule has 2 fully saturated rings. The molecule has 2 amide bonds. The summed E-state index contributed by atoms with van der Waals surface area (Å²) in [5, 5.41) is 14.6. The topological polar surface area (TPSA) is 87.7 Å². The number of carboxylic acid groups (broad SMARTS) is 1. The molecule has 0 aromatic heterocycles. The molecule has 2 aliphatic rings. The first kappa shape index (κ1) is 13.1. The van der Waals surface area contributed by atoms with Crippen molar-refractivity contribution in [1.82, 2.24) is 10.6 Å². The second-order valence-corrected chi connectivity index (χ2v) is 5.07. The van der Waals surface area contributed by atoms with Gasteiger partial charge in [-0.25, -0.2) is 4.79 Å². The van der Waals surface area contributed by atoms with E-state index in [1.165, 1.54) is 0 Å². The van der Waals surface area contributed by atoms with Gasteiger partial charge in [0.2, 0.25) is 0 Å². The lowest BCUT2D eigenvalue weighted by Gasteiger charge is -2.18. The largest absolute Gasteiger partial charge is 0.481 e. The number of carbonyl (C=O) groups is 2. The Balaban J connectivity index is 1.71. The van der Waals surface area contributed by atoms with Crippen molar-refractivity contribution < 1.29 is 19.4 Å². The number of aliphatic carboxylic acids is 1. The molecule has 1 heterocycles. The highest BCUT2D eigenvalue weighted by molar-refractivity contribution is 5.77. The molecule has 3 atom stereocenters. The third-order valence-corrected chi connectivity index (χ3v) is 3.72. The summed E-state index contributed by atoms with van der Waals surface area (Å²) in [4.78, 5) is 22.6. The number of carbonyl (C=O) groups excluding carboxylic acids is 1. The van der Waals surface area contributed by atoms with Crippen LogP contribution in [-0.2, 0) is 9.53 Å². The number of amides is 2. The zero-order chi connectivity index (χ0) is 13.0. The first-order valence-electron chi connectivity index (χ1n) is 6.51. The molecule has 0 aromatic carbocycles. The van der Waals surface area contributed by atoms with Crippen LogP contribution in [0.15, 0.2) is 0 Å². The minimum absolute atomic E-state index is 0.234. The van der Waals surface area contributed by atoms with Gasteiger partial charge in [-0.2, -0.15) is 0 Å². The third-order valence-electron chi connectivity index (χ3n) is 3.72. The van der Waals surface area contributed by atoms with Crippen molar-refractivity contribution in [3.63, 3.8) is 0 Å². The lowest BCUT2D eigenvalue weighted by atomic mass is 10.0. The number of rotatable bonds is 4. The molecule has 0 radical (unpaired) electrons. The van der Waals surface area contributed by atoms with Crippen molar-refractivity contribution in [3.05, 3.63) is 0 Å². The maximum Gasteiger partial charge on any atom is 0.315 e. The summed E-state index contributed by atoms with van der Waals surface area (Å²) in [7, 11) is 0. The molecule has 18 heavy (non-hydrogen) atoms. The zero-order valence-electron chi connectivity index (χ0n) is 10.4. The van der Waals surface area contributed by atoms with E-state index in [1.807, 2.05) is 0 Å². The van der Waals surface area contributed by atoms with Crippen molar-refractivity contribution >= 4 is 12.0 Å². The van der Waals surface area contributed by atoms with Crippen LogP contribution < -0.4 is 10.6 Å². The van der Waals surface area contributed by atoms with E-state index in [0.29, 0.717) is 25.5 Å². The van der Waals surface area contributed by atoms with Gasteiger partial charge in [-0.1, -0.05) is 6.42 Å². The Hall–Kier alpha value is -1.30. The SMILES string of the molecule is O=C(NCC1CCOC1)NC1CCCC1C(=O)O. The normalized spacial score (nSPS) is 31.2. The lowest BCUT2D eigenvalue weighted by Crippen LogP contribution is -2.46. The van der Waals surface area contributed by atoms with Crippen LogP contribution in [0.25, 0.3) is 0 Å². The average molecular weight is 256 g/mol. The van der Waals surface area contributed by atoms with Crippen LogP contribution in [0, 0.1) is 11.8 Å². The molecule has 6 heteroatoms. The maximum atomic E-state index is 11.7. The van der Waals surface area contributed by atoms with Gasteiger partial charge in [-0.05, 0) is 19.3 Å². The van der Waals surface area contributed by atoms with Crippen LogP contribution >= 0.6 is 0 Å². The highest BCUT2D eigenvalue weighted by atomic mass is 16.5. The van der Waals surface area contributed by atoms with E-state index in [4.69, 9.17) is 9.84 Å². The van der Waals surface area contributed by atoms with Gasteiger partial charge in [0.15, 0.2) is 0 Å². The summed E-state index contributed by atoms with van der Waals surface area (Å²) in [5.41, 5.74) is 0. The highest BCUT2D eigenvalue weighted by Crippen LogP contribution is 2.25. The molecule has 0 aromatic rings. The molecule has 102 valence electrons. The summed E-state index contributed by atoms with van der Waals surface area (Å²) in [5.74, 6) is -0.873. The van der Waals surface area contributed by atoms with Crippen LogP contribution in [0.1, 0.15) is 25.7 Å². The van der Waals surface area contributed by atoms with Crippen LogP contribution in [0.4, 0.5) is 4.79 Å². The predicted octanol–water partition coefficient (Wildman–Crippen LogP) is 0.575. The van der Waals surface area contributed by atoms with Crippen molar-refractivity contribution in [2.45, 2.75) is 31.7 Å². The number of hydrogen-bond acceptors (Lipinski definition) is 3. The van der Waals surface area contributed by atoms with Gasteiger partial charge in [0.25, 0.3) is 0 Å². The summed E-state index contributed by atoms with van der Waals surface area (Å²) < 4.78 is 5.22. The van der Waals surface area contributed by atoms with Gasteiger partial charge in [0, 0.05) is 25.1 Å². The molecule has 3 unspecified atom stereocenters. The Morgan fingerprint density at radius 3 is 2.78 bits per heavy atom. The molecule has 3 N–H and O–H groups in total. The Labute approximate surface area is 106 Å². The Bertz CT molecular complexity index is 315. The monoisotopic (exact) mass is 256 g/mol. The fourth-order valence-electron chi connectivity index (χ4n) is 2.63. The molecule has 1 aliphatic heterocycles. The van der Waals surface area contributed by atoms with E-state index >= 15 is 0 Å². The molecule has 1 saturated heterocycles. The van der Waals surface area contributed by atoms with E-state index in [2.05, 4.69) is 10.6 Å². The highest BCUT2D eigenvalue weighted by Gasteiger charge is 2.33. The Morgan fingerprint density at radius 2 is 2.11 bits per heavy atom. The predicted molar refractivity (Wildman–Crippen MR) is 64.2 cm³/mol. The van der Waals surface area contributed by atoms with Gasteiger partial charge in [0.05, 0.1) is 12.5 Å². The second-order valence-electron chi connectivity index (χ2n) is 5.07. The summed E-state index contributed by atoms with van der Waals surface area (Å²) in [6.45, 7) is 2.05. The number of carboxylic acids is 1. The molecule has 2 rings (SSSR count). The first-order valence-corrected chi connectivity index (χ1v) is 6.51. The van der Waals surface area contributed by atoms with Gasteiger partial charge in [0.1, 0.15) is 0 Å². The van der Waals surface area contributed by atoms with Gasteiger partial charge < -0.3 is 20.5 Å². The molecule has 0 spiro atoms. The minimum atomic E-state index is -0.818. The van der Waals surface area contributed by atoms with Crippen molar-refractivity contribution in [2.75, 3.05) is 19.8 Å². The standard InChI is InChI=1S/C12H20N2O4/c15-11(16)9-2-1-3-10(9)14-12(17)13-6-8-4-5-18-7-8/h8-10H,1-7H2,(H,15,16)(H2,13,14,17).